The van der Waals surface area contributed by atoms with E-state index in [1.165, 1.54) is 23.1 Å². The number of carbonyl (C=O) groups excluding carboxylic acids is 1. The van der Waals surface area contributed by atoms with E-state index in [9.17, 15) is 14.0 Å². The molecule has 5 nitrogen and oxygen atoms in total. The Labute approximate surface area is 114 Å². The summed E-state index contributed by atoms with van der Waals surface area (Å²) in [6.45, 7) is 0.723. The van der Waals surface area contributed by atoms with Crippen molar-refractivity contribution in [2.24, 2.45) is 5.92 Å². The molecular weight excluding hydrogens is 275 g/mol. The molecule has 0 atom stereocenters. The van der Waals surface area contributed by atoms with Crippen molar-refractivity contribution in [3.63, 3.8) is 0 Å². The number of aliphatic carboxylic acids is 1. The van der Waals surface area contributed by atoms with Gasteiger partial charge in [-0.1, -0.05) is 11.6 Å². The molecule has 0 bridgehead atoms. The van der Waals surface area contributed by atoms with E-state index in [1.54, 1.807) is 0 Å². The Morgan fingerprint density at radius 1 is 1.47 bits per heavy atom. The van der Waals surface area contributed by atoms with E-state index in [1.807, 2.05) is 0 Å². The number of likely N-dealkylation sites (tertiary alicyclic amines) is 1. The summed E-state index contributed by atoms with van der Waals surface area (Å²) in [7, 11) is 0. The summed E-state index contributed by atoms with van der Waals surface area (Å²) in [6.07, 6.45) is 0.0370. The molecule has 0 spiro atoms. The molecule has 2 amide bonds. The molecule has 1 aromatic carbocycles. The Kier molecular flexibility index (Phi) is 3.90. The number of carboxylic acid groups (broad SMARTS) is 1. The fourth-order valence-corrected chi connectivity index (χ4v) is 2.07. The van der Waals surface area contributed by atoms with Gasteiger partial charge in [0.05, 0.1) is 12.1 Å². The molecule has 0 aromatic heterocycles. The van der Waals surface area contributed by atoms with E-state index >= 15 is 0 Å². The Bertz CT molecular complexity index is 518. The van der Waals surface area contributed by atoms with Crippen molar-refractivity contribution >= 4 is 29.3 Å². The molecule has 19 heavy (non-hydrogen) atoms. The number of rotatable bonds is 3. The third-order valence-electron chi connectivity index (χ3n) is 2.88. The van der Waals surface area contributed by atoms with Gasteiger partial charge in [-0.05, 0) is 18.2 Å². The van der Waals surface area contributed by atoms with Gasteiger partial charge in [-0.25, -0.2) is 9.18 Å². The molecule has 0 aliphatic carbocycles. The highest BCUT2D eigenvalue weighted by molar-refractivity contribution is 6.30. The van der Waals surface area contributed by atoms with Crippen LogP contribution in [0.25, 0.3) is 0 Å². The highest BCUT2D eigenvalue weighted by Crippen LogP contribution is 2.23. The van der Waals surface area contributed by atoms with Crippen LogP contribution in [0.4, 0.5) is 14.9 Å². The Morgan fingerprint density at radius 3 is 2.79 bits per heavy atom. The van der Waals surface area contributed by atoms with Gasteiger partial charge in [0.1, 0.15) is 5.82 Å². The lowest BCUT2D eigenvalue weighted by Crippen LogP contribution is -2.52. The number of nitrogens with zero attached hydrogens (tertiary/aromatic N) is 1. The van der Waals surface area contributed by atoms with E-state index < -0.39 is 17.8 Å². The van der Waals surface area contributed by atoms with Gasteiger partial charge in [0, 0.05) is 24.0 Å². The largest absolute Gasteiger partial charge is 0.481 e. The number of hydrogen-bond donors (Lipinski definition) is 2. The lowest BCUT2D eigenvalue weighted by molar-refractivity contribution is -0.139. The molecule has 0 radical (unpaired) electrons. The van der Waals surface area contributed by atoms with Gasteiger partial charge in [0.2, 0.25) is 0 Å². The third-order valence-corrected chi connectivity index (χ3v) is 3.11. The molecule has 1 aliphatic heterocycles. The fraction of sp³-hybridized carbons (Fsp3) is 0.333. The van der Waals surface area contributed by atoms with Crippen molar-refractivity contribution in [2.75, 3.05) is 18.4 Å². The predicted molar refractivity (Wildman–Crippen MR) is 67.7 cm³/mol. The van der Waals surface area contributed by atoms with Crippen molar-refractivity contribution in [1.82, 2.24) is 4.90 Å². The van der Waals surface area contributed by atoms with Crippen LogP contribution in [0.3, 0.4) is 0 Å². The normalized spacial score (nSPS) is 14.9. The monoisotopic (exact) mass is 286 g/mol. The molecule has 1 heterocycles. The fourth-order valence-electron chi connectivity index (χ4n) is 1.90. The van der Waals surface area contributed by atoms with Crippen molar-refractivity contribution < 1.29 is 19.1 Å². The van der Waals surface area contributed by atoms with Gasteiger partial charge in [-0.2, -0.15) is 0 Å². The second-order valence-corrected chi connectivity index (χ2v) is 4.86. The van der Waals surface area contributed by atoms with Gasteiger partial charge >= 0.3 is 12.0 Å². The minimum Gasteiger partial charge on any atom is -0.481 e. The third kappa shape index (κ3) is 3.35. The van der Waals surface area contributed by atoms with Gasteiger partial charge in [-0.3, -0.25) is 4.79 Å². The zero-order chi connectivity index (χ0) is 14.0. The number of urea groups is 1. The SMILES string of the molecule is O=C(O)CC1CN(C(=O)Nc2cc(Cl)ccc2F)C1. The number of nitrogens with one attached hydrogen (secondary N) is 1. The molecule has 2 rings (SSSR count). The molecule has 2 N–H and O–H groups in total. The summed E-state index contributed by atoms with van der Waals surface area (Å²) >= 11 is 5.71. The summed E-state index contributed by atoms with van der Waals surface area (Å²) in [5.74, 6) is -1.49. The van der Waals surface area contributed by atoms with Crippen LogP contribution in [0.15, 0.2) is 18.2 Å². The summed E-state index contributed by atoms with van der Waals surface area (Å²) in [4.78, 5) is 23.6. The van der Waals surface area contributed by atoms with E-state index in [4.69, 9.17) is 16.7 Å². The van der Waals surface area contributed by atoms with Crippen molar-refractivity contribution in [2.45, 2.75) is 6.42 Å². The van der Waals surface area contributed by atoms with Crippen LogP contribution in [0, 0.1) is 11.7 Å². The zero-order valence-electron chi connectivity index (χ0n) is 9.90. The first-order valence-electron chi connectivity index (χ1n) is 5.68. The summed E-state index contributed by atoms with van der Waals surface area (Å²) in [5.41, 5.74) is 0.0131. The summed E-state index contributed by atoms with van der Waals surface area (Å²) < 4.78 is 13.4. The molecule has 1 saturated heterocycles. The van der Waals surface area contributed by atoms with Gasteiger partial charge in [0.15, 0.2) is 0 Å². The summed E-state index contributed by atoms with van der Waals surface area (Å²) in [6, 6.07) is 3.42. The van der Waals surface area contributed by atoms with Crippen LogP contribution < -0.4 is 5.32 Å². The lowest BCUT2D eigenvalue weighted by Gasteiger charge is -2.38. The van der Waals surface area contributed by atoms with Crippen LogP contribution in [-0.2, 0) is 4.79 Å². The molecule has 1 aliphatic rings. The van der Waals surface area contributed by atoms with Crippen LogP contribution in [0.2, 0.25) is 5.02 Å². The molecule has 0 unspecified atom stereocenters. The molecule has 0 saturated carbocycles. The molecule has 1 aromatic rings. The second-order valence-electron chi connectivity index (χ2n) is 4.42. The number of halogens is 2. The number of amides is 2. The first-order valence-corrected chi connectivity index (χ1v) is 6.06. The first-order chi connectivity index (χ1) is 8.95. The maximum Gasteiger partial charge on any atom is 0.321 e. The van der Waals surface area contributed by atoms with Crippen LogP contribution in [-0.4, -0.2) is 35.1 Å². The minimum absolute atomic E-state index is 0.0131. The average molecular weight is 287 g/mol. The van der Waals surface area contributed by atoms with Crippen molar-refractivity contribution in [3.05, 3.63) is 29.0 Å². The van der Waals surface area contributed by atoms with E-state index in [-0.39, 0.29) is 18.0 Å². The molecular formula is C12H12ClFN2O3. The number of carboxylic acids is 1. The Hall–Kier alpha value is -1.82. The highest BCUT2D eigenvalue weighted by Gasteiger charge is 2.32. The van der Waals surface area contributed by atoms with Gasteiger partial charge in [0.25, 0.3) is 0 Å². The molecule has 1 fully saturated rings. The summed E-state index contributed by atoms with van der Waals surface area (Å²) in [5, 5.41) is 11.3. The Balaban J connectivity index is 1.89. The number of carbonyl (C=O) groups is 2. The average Bonchev–Trinajstić information content (AvgIpc) is 2.27. The van der Waals surface area contributed by atoms with Crippen molar-refractivity contribution in [3.8, 4) is 0 Å². The maximum absolute atomic E-state index is 13.4. The Morgan fingerprint density at radius 2 is 2.16 bits per heavy atom. The van der Waals surface area contributed by atoms with E-state index in [0.29, 0.717) is 18.1 Å². The standard InChI is InChI=1S/C12H12ClFN2O3/c13-8-1-2-9(14)10(4-8)15-12(19)16-5-7(6-16)3-11(17)18/h1-2,4,7H,3,5-6H2,(H,15,19)(H,17,18). The highest BCUT2D eigenvalue weighted by atomic mass is 35.5. The van der Waals surface area contributed by atoms with Gasteiger partial charge in [-0.15, -0.1) is 0 Å². The van der Waals surface area contributed by atoms with E-state index in [2.05, 4.69) is 5.32 Å². The predicted octanol–water partition coefficient (Wildman–Crippen LogP) is 2.42. The van der Waals surface area contributed by atoms with Crippen molar-refractivity contribution in [1.29, 1.82) is 0 Å². The van der Waals surface area contributed by atoms with Crippen LogP contribution >= 0.6 is 11.6 Å². The van der Waals surface area contributed by atoms with Crippen LogP contribution in [0.5, 0.6) is 0 Å². The first kappa shape index (κ1) is 13.6. The number of benzene rings is 1. The number of hydrogen-bond acceptors (Lipinski definition) is 2. The maximum atomic E-state index is 13.4. The van der Waals surface area contributed by atoms with E-state index in [0.717, 1.165) is 0 Å². The second kappa shape index (κ2) is 5.44. The topological polar surface area (TPSA) is 69.6 Å². The smallest absolute Gasteiger partial charge is 0.321 e. The quantitative estimate of drug-likeness (QED) is 0.896. The zero-order valence-corrected chi connectivity index (χ0v) is 10.7. The van der Waals surface area contributed by atoms with Gasteiger partial charge < -0.3 is 15.3 Å². The molecule has 7 heteroatoms. The number of anilines is 1. The van der Waals surface area contributed by atoms with Crippen LogP contribution in [0.1, 0.15) is 6.42 Å². The molecule has 102 valence electrons. The minimum atomic E-state index is -0.883. The lowest BCUT2D eigenvalue weighted by atomic mass is 9.97.